The van der Waals surface area contributed by atoms with Crippen molar-refractivity contribution in [3.63, 3.8) is 0 Å². The van der Waals surface area contributed by atoms with E-state index in [-0.39, 0.29) is 6.42 Å². The second kappa shape index (κ2) is 14.1. The number of amides is 2. The van der Waals surface area contributed by atoms with E-state index < -0.39 is 35.5 Å². The van der Waals surface area contributed by atoms with E-state index in [2.05, 4.69) is 28.8 Å². The molecule has 1 heterocycles. The van der Waals surface area contributed by atoms with Gasteiger partial charge in [-0.1, -0.05) is 31.4 Å². The van der Waals surface area contributed by atoms with Gasteiger partial charge in [0.15, 0.2) is 0 Å². The number of carboxylic acid groups (broad SMARTS) is 1. The fraction of sp³-hybridized carbons (Fsp3) is 0.208. The van der Waals surface area contributed by atoms with Crippen LogP contribution in [0.5, 0.6) is 0 Å². The van der Waals surface area contributed by atoms with Gasteiger partial charge in [-0.25, -0.2) is 5.26 Å². The minimum Gasteiger partial charge on any atom is -0.481 e. The van der Waals surface area contributed by atoms with Crippen molar-refractivity contribution in [2.75, 3.05) is 5.32 Å². The van der Waals surface area contributed by atoms with E-state index in [1.807, 2.05) is 0 Å². The van der Waals surface area contributed by atoms with Gasteiger partial charge < -0.3 is 15.7 Å². The van der Waals surface area contributed by atoms with Crippen LogP contribution in [0.4, 0.5) is 18.9 Å². The van der Waals surface area contributed by atoms with E-state index in [1.165, 1.54) is 18.1 Å². The minimum absolute atomic E-state index is 0.225. The molecule has 0 aliphatic carbocycles. The Hall–Kier alpha value is -4.40. The van der Waals surface area contributed by atoms with Crippen molar-refractivity contribution in [3.8, 4) is 5.97 Å². The van der Waals surface area contributed by atoms with Crippen LogP contribution in [0.3, 0.4) is 0 Å². The van der Waals surface area contributed by atoms with Gasteiger partial charge in [-0.3, -0.25) is 19.4 Å². The summed E-state index contributed by atoms with van der Waals surface area (Å²) in [5.74, 6) is -2.39. The predicted molar refractivity (Wildman–Crippen MR) is 130 cm³/mol. The topological polar surface area (TPSA) is 132 Å². The molecule has 187 valence electrons. The maximum Gasteiger partial charge on any atom is 0.416 e. The van der Waals surface area contributed by atoms with Crippen molar-refractivity contribution in [1.82, 2.24) is 10.3 Å². The first-order valence-electron chi connectivity index (χ1n) is 10.3. The molecule has 3 N–H and O–H groups in total. The fourth-order valence-corrected chi connectivity index (χ4v) is 2.87. The molecule has 2 atom stereocenters. The van der Waals surface area contributed by atoms with Gasteiger partial charge in [0, 0.05) is 11.6 Å². The number of nitrogens with zero attached hydrogens (tertiary/aromatic N) is 2. The lowest BCUT2D eigenvalue weighted by Crippen LogP contribution is -2.40. The van der Waals surface area contributed by atoms with Crippen LogP contribution >= 0.6 is 0 Å². The molecule has 2 rings (SSSR count). The van der Waals surface area contributed by atoms with E-state index in [1.54, 1.807) is 31.3 Å². The number of aromatic nitrogens is 1. The summed E-state index contributed by atoms with van der Waals surface area (Å²) in [5.41, 5.74) is 2.04. The Bertz CT molecular complexity index is 1130. The third-order valence-electron chi connectivity index (χ3n) is 4.59. The van der Waals surface area contributed by atoms with Crippen molar-refractivity contribution in [2.45, 2.75) is 31.4 Å². The largest absolute Gasteiger partial charge is 0.481 e. The van der Waals surface area contributed by atoms with Gasteiger partial charge in [-0.05, 0) is 49.2 Å². The Labute approximate surface area is 206 Å². The van der Waals surface area contributed by atoms with Crippen LogP contribution in [-0.4, -0.2) is 41.7 Å². The lowest BCUT2D eigenvalue weighted by Gasteiger charge is -2.16. The first-order chi connectivity index (χ1) is 17.0. The van der Waals surface area contributed by atoms with Crippen molar-refractivity contribution >= 4 is 43.4 Å². The van der Waals surface area contributed by atoms with E-state index >= 15 is 0 Å². The summed E-state index contributed by atoms with van der Waals surface area (Å²) >= 11 is 0. The molecule has 2 amide bonds. The van der Waals surface area contributed by atoms with Crippen molar-refractivity contribution in [2.24, 2.45) is 0 Å². The molecule has 1 aromatic heterocycles. The Morgan fingerprint density at radius 3 is 2.36 bits per heavy atom. The number of alkyl halides is 3. The number of aliphatic carboxylic acids is 1. The fourth-order valence-electron chi connectivity index (χ4n) is 2.87. The number of benzene rings is 1. The number of rotatable bonds is 10. The molecule has 1 aromatic carbocycles. The smallest absolute Gasteiger partial charge is 0.416 e. The second-order valence-corrected chi connectivity index (χ2v) is 7.29. The molecule has 8 nitrogen and oxygen atoms in total. The Morgan fingerprint density at radius 2 is 1.89 bits per heavy atom. The zero-order valence-electron chi connectivity index (χ0n) is 19.2. The molecular formula is C24H23BF3N4O4. The standard InChI is InChI=1S/C14H13BF3N2O3.C10H10N2O/c1-8(20-12(21)11(13(22)23)15-7-19)6-9-2-4-10(5-3-9)14(16,17)18;1-3-8-5-9(12-7-13)6-11-10(8)4-2/h2-5,8,11H,6H2,1H3,(H,20,21)(H,22,23);3-7H,1-2H2,(H,12,13). The van der Waals surface area contributed by atoms with Crippen LogP contribution in [0.1, 0.15) is 29.3 Å². The molecule has 36 heavy (non-hydrogen) atoms. The van der Waals surface area contributed by atoms with Gasteiger partial charge in [0.2, 0.25) is 12.3 Å². The van der Waals surface area contributed by atoms with Gasteiger partial charge in [0.05, 0.1) is 23.1 Å². The molecule has 2 unspecified atom stereocenters. The Morgan fingerprint density at radius 1 is 1.25 bits per heavy atom. The molecular weight excluding hydrogens is 476 g/mol. The molecule has 1 radical (unpaired) electrons. The molecule has 2 aromatic rings. The highest BCUT2D eigenvalue weighted by Crippen LogP contribution is 2.29. The quantitative estimate of drug-likeness (QED) is 0.259. The average Bonchev–Trinajstić information content (AvgIpc) is 2.82. The summed E-state index contributed by atoms with van der Waals surface area (Å²) in [5, 5.41) is 22.2. The summed E-state index contributed by atoms with van der Waals surface area (Å²) in [6.45, 7) is 8.84. The monoisotopic (exact) mass is 499 g/mol. The van der Waals surface area contributed by atoms with Crippen LogP contribution in [0.25, 0.3) is 12.2 Å². The predicted octanol–water partition coefficient (Wildman–Crippen LogP) is 3.75. The summed E-state index contributed by atoms with van der Waals surface area (Å²) < 4.78 is 37.3. The number of halogens is 3. The molecule has 0 bridgehead atoms. The van der Waals surface area contributed by atoms with Crippen LogP contribution in [0, 0.1) is 11.2 Å². The van der Waals surface area contributed by atoms with Crippen LogP contribution in [0.2, 0.25) is 5.82 Å². The summed E-state index contributed by atoms with van der Waals surface area (Å²) in [6.07, 6.45) is 1.29. The van der Waals surface area contributed by atoms with Crippen molar-refractivity contribution in [1.29, 1.82) is 5.26 Å². The number of carbonyl (C=O) groups is 3. The number of anilines is 1. The van der Waals surface area contributed by atoms with Gasteiger partial charge in [-0.15, -0.1) is 0 Å². The van der Waals surface area contributed by atoms with Crippen LogP contribution in [-0.2, 0) is 27.0 Å². The molecule has 0 aliphatic heterocycles. The van der Waals surface area contributed by atoms with Gasteiger partial charge in [-0.2, -0.15) is 13.2 Å². The first kappa shape index (κ1) is 29.6. The number of carbonyl (C=O) groups excluding carboxylic acids is 2. The third-order valence-corrected chi connectivity index (χ3v) is 4.59. The van der Waals surface area contributed by atoms with Crippen LogP contribution < -0.4 is 10.6 Å². The number of nitrogens with one attached hydrogen (secondary N) is 2. The van der Waals surface area contributed by atoms with Gasteiger partial charge >= 0.3 is 12.1 Å². The highest BCUT2D eigenvalue weighted by molar-refractivity contribution is 6.57. The Kier molecular flexibility index (Phi) is 11.6. The van der Waals surface area contributed by atoms with E-state index in [9.17, 15) is 27.6 Å². The third kappa shape index (κ3) is 9.46. The molecule has 12 heteroatoms. The molecule has 0 spiro atoms. The van der Waals surface area contributed by atoms with E-state index in [0.29, 0.717) is 24.9 Å². The van der Waals surface area contributed by atoms with Gasteiger partial charge in [0.25, 0.3) is 7.28 Å². The summed E-state index contributed by atoms with van der Waals surface area (Å²) in [4.78, 5) is 36.8. The number of pyridine rings is 1. The molecule has 0 fully saturated rings. The number of hydrogen-bond donors (Lipinski definition) is 3. The van der Waals surface area contributed by atoms with E-state index in [4.69, 9.17) is 10.4 Å². The lowest BCUT2D eigenvalue weighted by molar-refractivity contribution is -0.141. The normalized spacial score (nSPS) is 11.9. The maximum absolute atomic E-state index is 12.4. The van der Waals surface area contributed by atoms with Crippen molar-refractivity contribution in [3.05, 3.63) is 72.1 Å². The molecule has 0 aliphatic rings. The van der Waals surface area contributed by atoms with Crippen molar-refractivity contribution < 1.29 is 32.7 Å². The van der Waals surface area contributed by atoms with Crippen LogP contribution in [0.15, 0.2) is 49.7 Å². The number of nitriles is 1. The number of carboxylic acids is 1. The highest BCUT2D eigenvalue weighted by atomic mass is 19.4. The Balaban J connectivity index is 0.000000420. The molecule has 0 saturated carbocycles. The SMILES string of the molecule is C=Cc1cc(NC=O)cnc1C=C.CC(Cc1ccc(C(F)(F)F)cc1)NC(=O)C([B]C#N)C(=O)O. The zero-order valence-corrected chi connectivity index (χ0v) is 19.2. The van der Waals surface area contributed by atoms with Gasteiger partial charge in [0.1, 0.15) is 5.82 Å². The molecule has 0 saturated heterocycles. The van der Waals surface area contributed by atoms with E-state index in [0.717, 1.165) is 23.4 Å². The average molecular weight is 499 g/mol. The lowest BCUT2D eigenvalue weighted by atomic mass is 9.65. The number of hydrogen-bond acceptors (Lipinski definition) is 5. The zero-order chi connectivity index (χ0) is 27.3. The minimum atomic E-state index is -4.42. The summed E-state index contributed by atoms with van der Waals surface area (Å²) in [6, 6.07) is 5.74. The summed E-state index contributed by atoms with van der Waals surface area (Å²) in [7, 11) is 0.697. The second-order valence-electron chi connectivity index (χ2n) is 7.29. The first-order valence-corrected chi connectivity index (χ1v) is 10.3. The highest BCUT2D eigenvalue weighted by Gasteiger charge is 2.30. The maximum atomic E-state index is 12.4.